The molecule has 13 heteroatoms. The number of rotatable bonds is 7. The zero-order chi connectivity index (χ0) is 39.1. The Morgan fingerprint density at radius 2 is 2.02 bits per heavy atom. The van der Waals surface area contributed by atoms with Gasteiger partial charge in [0.15, 0.2) is 0 Å². The number of thiazole rings is 1. The predicted octanol–water partition coefficient (Wildman–Crippen LogP) is 6.40. The lowest BCUT2D eigenvalue weighted by Crippen LogP contribution is -2.60. The molecule has 2 amide bonds. The molecule has 0 radical (unpaired) electrons. The second-order valence-corrected chi connectivity index (χ2v) is 16.9. The average molecular weight is 776 g/mol. The first kappa shape index (κ1) is 37.9. The molecule has 2 aliphatic heterocycles. The fraction of sp³-hybridized carbons (Fsp3) is 0.442. The second-order valence-electron chi connectivity index (χ2n) is 16.0. The van der Waals surface area contributed by atoms with Crippen LogP contribution in [0.1, 0.15) is 80.8 Å². The van der Waals surface area contributed by atoms with Crippen molar-refractivity contribution in [3.8, 4) is 22.5 Å². The molecule has 0 spiro atoms. The summed E-state index contributed by atoms with van der Waals surface area (Å²) in [6.07, 6.45) is 7.77. The van der Waals surface area contributed by atoms with Gasteiger partial charge >= 0.3 is 5.97 Å². The number of pyridine rings is 2. The van der Waals surface area contributed by atoms with E-state index in [0.29, 0.717) is 32.2 Å². The van der Waals surface area contributed by atoms with Gasteiger partial charge in [0.2, 0.25) is 5.91 Å². The van der Waals surface area contributed by atoms with E-state index in [1.165, 1.54) is 16.3 Å². The smallest absolute Gasteiger partial charge is 0.324 e. The van der Waals surface area contributed by atoms with Gasteiger partial charge in [-0.15, -0.1) is 11.3 Å². The van der Waals surface area contributed by atoms with E-state index in [9.17, 15) is 14.4 Å². The minimum atomic E-state index is -0.880. The van der Waals surface area contributed by atoms with Crippen molar-refractivity contribution >= 4 is 40.0 Å². The Balaban J connectivity index is 1.20. The molecule has 8 rings (SSSR count). The van der Waals surface area contributed by atoms with Crippen molar-refractivity contribution in [3.05, 3.63) is 88.3 Å². The molecule has 1 aliphatic carbocycles. The first-order valence-electron chi connectivity index (χ1n) is 19.6. The van der Waals surface area contributed by atoms with E-state index in [1.54, 1.807) is 25.7 Å². The molecular weight excluding hydrogens is 727 g/mol. The Bertz CT molecular complexity index is 2270. The van der Waals surface area contributed by atoms with Crippen LogP contribution in [0.4, 0.5) is 0 Å². The van der Waals surface area contributed by atoms with Gasteiger partial charge < -0.3 is 19.4 Å². The summed E-state index contributed by atoms with van der Waals surface area (Å²) in [6.45, 7) is 9.71. The van der Waals surface area contributed by atoms with E-state index in [2.05, 4.69) is 65.3 Å². The highest BCUT2D eigenvalue weighted by Gasteiger charge is 2.45. The monoisotopic (exact) mass is 775 g/mol. The molecule has 5 aromatic rings. The second kappa shape index (κ2) is 15.5. The van der Waals surface area contributed by atoms with Gasteiger partial charge in [-0.1, -0.05) is 26.0 Å². The Morgan fingerprint density at radius 1 is 1.18 bits per heavy atom. The molecule has 1 saturated carbocycles. The Kier molecular flexibility index (Phi) is 10.5. The number of methoxy groups -OCH3 is 1. The van der Waals surface area contributed by atoms with E-state index in [4.69, 9.17) is 19.4 Å². The Labute approximate surface area is 331 Å². The van der Waals surface area contributed by atoms with Crippen LogP contribution >= 0.6 is 11.3 Å². The van der Waals surface area contributed by atoms with Crippen LogP contribution in [-0.2, 0) is 43.2 Å². The van der Waals surface area contributed by atoms with Gasteiger partial charge in [-0.25, -0.2) is 10.4 Å². The highest BCUT2D eigenvalue weighted by molar-refractivity contribution is 7.10. The molecule has 1 saturated heterocycles. The zero-order valence-electron chi connectivity index (χ0n) is 32.6. The van der Waals surface area contributed by atoms with Crippen molar-refractivity contribution in [1.29, 1.82) is 0 Å². The number of carbonyl (C=O) groups is 3. The fourth-order valence-corrected chi connectivity index (χ4v) is 9.14. The number of amides is 2. The maximum Gasteiger partial charge on any atom is 0.324 e. The summed E-state index contributed by atoms with van der Waals surface area (Å²) in [5, 5.41) is 8.42. The van der Waals surface area contributed by atoms with Crippen molar-refractivity contribution in [1.82, 2.24) is 35.3 Å². The fourth-order valence-electron chi connectivity index (χ4n) is 8.29. The number of hydrazine groups is 1. The van der Waals surface area contributed by atoms with Crippen LogP contribution < -0.4 is 10.7 Å². The molecule has 2 N–H and O–H groups in total. The average Bonchev–Trinajstić information content (AvgIpc) is 3.80. The molecule has 292 valence electrons. The van der Waals surface area contributed by atoms with Gasteiger partial charge in [-0.2, -0.15) is 0 Å². The lowest BCUT2D eigenvalue weighted by Gasteiger charge is -2.35. The summed E-state index contributed by atoms with van der Waals surface area (Å²) in [4.78, 5) is 55.7. The summed E-state index contributed by atoms with van der Waals surface area (Å²) >= 11 is 1.47. The molecule has 2 fully saturated rings. The minimum absolute atomic E-state index is 0.0667. The zero-order valence-corrected chi connectivity index (χ0v) is 33.4. The quantitative estimate of drug-likeness (QED) is 0.180. The van der Waals surface area contributed by atoms with Crippen LogP contribution in [0.25, 0.3) is 33.4 Å². The van der Waals surface area contributed by atoms with E-state index in [1.807, 2.05) is 30.5 Å². The molecule has 5 atom stereocenters. The third kappa shape index (κ3) is 7.47. The summed E-state index contributed by atoms with van der Waals surface area (Å²) in [5.41, 5.74) is 10.6. The Hall–Kier alpha value is -4.98. The first-order chi connectivity index (χ1) is 27.0. The largest absolute Gasteiger partial charge is 0.464 e. The molecule has 6 heterocycles. The normalized spacial score (nSPS) is 23.0. The number of hydrogen-bond acceptors (Lipinski definition) is 10. The van der Waals surface area contributed by atoms with Crippen LogP contribution in [-0.4, -0.2) is 74.7 Å². The van der Waals surface area contributed by atoms with Crippen LogP contribution in [0.15, 0.2) is 66.4 Å². The third-order valence-corrected chi connectivity index (χ3v) is 12.3. The van der Waals surface area contributed by atoms with E-state index >= 15 is 0 Å². The topological polar surface area (TPSA) is 141 Å². The van der Waals surface area contributed by atoms with Crippen molar-refractivity contribution < 1.29 is 23.9 Å². The van der Waals surface area contributed by atoms with Gasteiger partial charge in [0, 0.05) is 84.0 Å². The molecule has 4 aromatic heterocycles. The molecule has 56 heavy (non-hydrogen) atoms. The number of fused-ring (bicyclic) bond motifs is 6. The number of benzene rings is 1. The lowest BCUT2D eigenvalue weighted by molar-refractivity contribution is -0.155. The Morgan fingerprint density at radius 3 is 2.80 bits per heavy atom. The van der Waals surface area contributed by atoms with Crippen molar-refractivity contribution in [2.75, 3.05) is 20.3 Å². The minimum Gasteiger partial charge on any atom is -0.464 e. The number of carbonyl (C=O) groups excluding carboxylic acids is 3. The molecule has 1 aromatic carbocycles. The highest BCUT2D eigenvalue weighted by Crippen LogP contribution is 2.47. The molecule has 12 nitrogen and oxygen atoms in total. The van der Waals surface area contributed by atoms with E-state index in [0.717, 1.165) is 61.8 Å². The van der Waals surface area contributed by atoms with E-state index in [-0.39, 0.29) is 42.8 Å². The predicted molar refractivity (Wildman–Crippen MR) is 214 cm³/mol. The van der Waals surface area contributed by atoms with Gasteiger partial charge in [0.25, 0.3) is 5.91 Å². The van der Waals surface area contributed by atoms with Crippen molar-refractivity contribution in [2.45, 2.75) is 90.4 Å². The number of nitrogens with one attached hydrogen (secondary N) is 2. The van der Waals surface area contributed by atoms with Gasteiger partial charge in [0.1, 0.15) is 12.1 Å². The standard InChI is InChI=1S/C43H49N7O5S/c1-6-49-36-14-13-26-18-30(36)32(39(49)28-11-8-16-45-38(28)25(2)54-5)21-43(3,4)24-55-42(53)33-12-9-17-50(48-33)41(52)34(20-37-46-35(26)23-56-37)47-40(51)31-19-29(31)27-10-7-15-44-22-27/h7-8,10-11,13-16,18,22-23,25,29,31,33-34,48H,6,9,12,17,19-21,24H2,1-5H3,(H,47,51)/t25-,29+,31-,33-,34-/m0/s1. The number of nitrogens with zero attached hydrogens (tertiary/aromatic N) is 5. The summed E-state index contributed by atoms with van der Waals surface area (Å²) in [5.74, 6) is -1.05. The van der Waals surface area contributed by atoms with Crippen LogP contribution in [0, 0.1) is 11.3 Å². The lowest BCUT2D eigenvalue weighted by atomic mass is 9.84. The van der Waals surface area contributed by atoms with Crippen LogP contribution in [0.5, 0.6) is 0 Å². The number of esters is 1. The third-order valence-electron chi connectivity index (χ3n) is 11.4. The molecule has 3 aliphatic rings. The molecule has 6 bridgehead atoms. The maximum absolute atomic E-state index is 14.3. The summed E-state index contributed by atoms with van der Waals surface area (Å²) in [7, 11) is 1.70. The molecular formula is C43H49N7O5S. The molecule has 0 unspecified atom stereocenters. The van der Waals surface area contributed by atoms with Gasteiger partial charge in [0.05, 0.1) is 34.8 Å². The summed E-state index contributed by atoms with van der Waals surface area (Å²) in [6, 6.07) is 12.8. The van der Waals surface area contributed by atoms with E-state index < -0.39 is 23.5 Å². The highest BCUT2D eigenvalue weighted by atomic mass is 32.1. The van der Waals surface area contributed by atoms with Gasteiger partial charge in [-0.05, 0) is 86.9 Å². The SMILES string of the molecule is CCn1c(-c2cccnc2[C@H](C)OC)c2c3cc(ccc31)-c1csc(n1)C[C@H](NC(=O)[C@H]1C[C@@H]1c1cccnc1)C(=O)N1CCC[C@H](N1)C(=O)OCC(C)(C)C2. The number of cyclic esters (lactones) is 1. The van der Waals surface area contributed by atoms with Gasteiger partial charge in [-0.3, -0.25) is 29.4 Å². The number of ether oxygens (including phenoxy) is 2. The number of aryl methyl sites for hydroxylation is 1. The van der Waals surface area contributed by atoms with Crippen LogP contribution in [0.3, 0.4) is 0 Å². The maximum atomic E-state index is 14.3. The van der Waals surface area contributed by atoms with Crippen LogP contribution in [0.2, 0.25) is 0 Å². The number of aromatic nitrogens is 4. The van der Waals surface area contributed by atoms with Crippen molar-refractivity contribution in [3.63, 3.8) is 0 Å². The first-order valence-corrected chi connectivity index (χ1v) is 20.5. The summed E-state index contributed by atoms with van der Waals surface area (Å²) < 4.78 is 14.2. The van der Waals surface area contributed by atoms with Crippen molar-refractivity contribution in [2.24, 2.45) is 11.3 Å². The number of hydrogen-bond donors (Lipinski definition) is 2.